The van der Waals surface area contributed by atoms with Crippen LogP contribution in [0, 0.1) is 11.6 Å². The first-order valence-corrected chi connectivity index (χ1v) is 5.14. The van der Waals surface area contributed by atoms with Gasteiger partial charge in [-0.25, -0.2) is 8.78 Å². The van der Waals surface area contributed by atoms with Crippen LogP contribution in [0.5, 0.6) is 0 Å². The molecule has 1 aromatic heterocycles. The Morgan fingerprint density at radius 3 is 2.81 bits per heavy atom. The highest BCUT2D eigenvalue weighted by Crippen LogP contribution is 2.25. The molecule has 0 aliphatic heterocycles. The Morgan fingerprint density at radius 2 is 2.12 bits per heavy atom. The largest absolute Gasteiger partial charge is 0.464 e. The summed E-state index contributed by atoms with van der Waals surface area (Å²) < 4.78 is 32.3. The second-order valence-corrected chi connectivity index (χ2v) is 3.89. The van der Waals surface area contributed by atoms with Crippen molar-refractivity contribution in [3.8, 4) is 0 Å². The summed E-state index contributed by atoms with van der Waals surface area (Å²) in [5, 5.41) is 3.18. The van der Waals surface area contributed by atoms with Crippen molar-refractivity contribution in [3.63, 3.8) is 0 Å². The van der Waals surface area contributed by atoms with E-state index in [-0.39, 0.29) is 11.4 Å². The van der Waals surface area contributed by atoms with Crippen LogP contribution in [0.15, 0.2) is 22.8 Å². The molecule has 0 saturated heterocycles. The third-order valence-electron chi connectivity index (χ3n) is 2.73. The van der Waals surface area contributed by atoms with E-state index in [1.54, 1.807) is 13.1 Å². The van der Waals surface area contributed by atoms with Gasteiger partial charge in [-0.05, 0) is 38.1 Å². The van der Waals surface area contributed by atoms with Crippen LogP contribution in [0.4, 0.5) is 8.78 Å². The molecule has 0 amide bonds. The zero-order chi connectivity index (χ0) is 11.7. The fourth-order valence-corrected chi connectivity index (χ4v) is 1.68. The third-order valence-corrected chi connectivity index (χ3v) is 2.73. The molecule has 0 saturated carbocycles. The number of rotatable bonds is 3. The molecule has 0 radical (unpaired) electrons. The standard InChI is InChI=1S/C12H13F2NO/c1-7(15-2)5-8-6-10-9(3-4-16-10)12(14)11(8)13/h3-4,6-7,15H,5H2,1-2H3/t7-/m0/s1. The van der Waals surface area contributed by atoms with E-state index >= 15 is 0 Å². The number of benzene rings is 1. The second-order valence-electron chi connectivity index (χ2n) is 3.89. The molecule has 16 heavy (non-hydrogen) atoms. The lowest BCUT2D eigenvalue weighted by Crippen LogP contribution is -2.24. The fraction of sp³-hybridized carbons (Fsp3) is 0.333. The minimum Gasteiger partial charge on any atom is -0.464 e. The summed E-state index contributed by atoms with van der Waals surface area (Å²) >= 11 is 0. The van der Waals surface area contributed by atoms with E-state index in [9.17, 15) is 8.78 Å². The summed E-state index contributed by atoms with van der Waals surface area (Å²) in [4.78, 5) is 0. The summed E-state index contributed by atoms with van der Waals surface area (Å²) in [5.74, 6) is -1.61. The van der Waals surface area contributed by atoms with Crippen molar-refractivity contribution in [1.82, 2.24) is 5.32 Å². The molecule has 0 bridgehead atoms. The Kier molecular flexibility index (Phi) is 2.92. The summed E-state index contributed by atoms with van der Waals surface area (Å²) in [7, 11) is 1.78. The molecule has 1 heterocycles. The number of halogens is 2. The van der Waals surface area contributed by atoms with Gasteiger partial charge in [0, 0.05) is 6.04 Å². The van der Waals surface area contributed by atoms with Gasteiger partial charge in [-0.2, -0.15) is 0 Å². The molecule has 1 atom stereocenters. The Labute approximate surface area is 92.2 Å². The van der Waals surface area contributed by atoms with E-state index in [1.807, 2.05) is 6.92 Å². The zero-order valence-corrected chi connectivity index (χ0v) is 9.18. The van der Waals surface area contributed by atoms with Gasteiger partial charge in [0.15, 0.2) is 11.6 Å². The van der Waals surface area contributed by atoms with Crippen LogP contribution in [0.1, 0.15) is 12.5 Å². The number of hydrogen-bond donors (Lipinski definition) is 1. The first-order valence-electron chi connectivity index (χ1n) is 5.14. The van der Waals surface area contributed by atoms with Gasteiger partial charge < -0.3 is 9.73 Å². The number of fused-ring (bicyclic) bond motifs is 1. The van der Waals surface area contributed by atoms with Crippen molar-refractivity contribution >= 4 is 11.0 Å². The van der Waals surface area contributed by atoms with Crippen molar-refractivity contribution in [2.45, 2.75) is 19.4 Å². The van der Waals surface area contributed by atoms with Crippen molar-refractivity contribution in [3.05, 3.63) is 35.6 Å². The van der Waals surface area contributed by atoms with Crippen molar-refractivity contribution in [2.24, 2.45) is 0 Å². The average molecular weight is 225 g/mol. The van der Waals surface area contributed by atoms with E-state index in [0.29, 0.717) is 17.6 Å². The monoisotopic (exact) mass is 225 g/mol. The maximum atomic E-state index is 13.7. The van der Waals surface area contributed by atoms with Crippen LogP contribution in [0.25, 0.3) is 11.0 Å². The highest BCUT2D eigenvalue weighted by Gasteiger charge is 2.16. The number of nitrogens with one attached hydrogen (secondary N) is 1. The average Bonchev–Trinajstić information content (AvgIpc) is 2.73. The van der Waals surface area contributed by atoms with Crippen LogP contribution in [0.2, 0.25) is 0 Å². The summed E-state index contributed by atoms with van der Waals surface area (Å²) in [5.41, 5.74) is 0.721. The molecule has 2 rings (SSSR count). The highest BCUT2D eigenvalue weighted by molar-refractivity contribution is 5.78. The second kappa shape index (κ2) is 4.22. The maximum Gasteiger partial charge on any atom is 0.170 e. The quantitative estimate of drug-likeness (QED) is 0.868. The lowest BCUT2D eigenvalue weighted by atomic mass is 10.0. The van der Waals surface area contributed by atoms with Crippen molar-refractivity contribution in [2.75, 3.05) is 7.05 Å². The Hall–Kier alpha value is -1.42. The predicted octanol–water partition coefficient (Wildman–Crippen LogP) is 2.86. The normalized spacial score (nSPS) is 13.2. The van der Waals surface area contributed by atoms with Crippen molar-refractivity contribution < 1.29 is 13.2 Å². The molecule has 2 nitrogen and oxygen atoms in total. The molecule has 0 aliphatic rings. The first kappa shape index (κ1) is 11.1. The smallest absolute Gasteiger partial charge is 0.170 e. The molecule has 86 valence electrons. The lowest BCUT2D eigenvalue weighted by Gasteiger charge is -2.11. The summed E-state index contributed by atoms with van der Waals surface area (Å²) in [6.07, 6.45) is 1.79. The van der Waals surface area contributed by atoms with Crippen molar-refractivity contribution in [1.29, 1.82) is 0 Å². The molecule has 0 aliphatic carbocycles. The zero-order valence-electron chi connectivity index (χ0n) is 9.18. The van der Waals surface area contributed by atoms with Crippen LogP contribution in [0.3, 0.4) is 0 Å². The van der Waals surface area contributed by atoms with Crippen LogP contribution in [-0.2, 0) is 6.42 Å². The molecular weight excluding hydrogens is 212 g/mol. The fourth-order valence-electron chi connectivity index (χ4n) is 1.68. The summed E-state index contributed by atoms with van der Waals surface area (Å²) in [6, 6.07) is 3.07. The Balaban J connectivity index is 2.48. The predicted molar refractivity (Wildman–Crippen MR) is 58.4 cm³/mol. The van der Waals surface area contributed by atoms with E-state index in [2.05, 4.69) is 5.32 Å². The molecule has 4 heteroatoms. The lowest BCUT2D eigenvalue weighted by molar-refractivity contribution is 0.494. The van der Waals surface area contributed by atoms with E-state index < -0.39 is 11.6 Å². The van der Waals surface area contributed by atoms with Gasteiger partial charge in [0.25, 0.3) is 0 Å². The molecule has 0 spiro atoms. The Bertz CT molecular complexity index is 507. The van der Waals surface area contributed by atoms with Gasteiger partial charge in [0.1, 0.15) is 5.58 Å². The molecular formula is C12H13F2NO. The van der Waals surface area contributed by atoms with Gasteiger partial charge in [0.05, 0.1) is 11.6 Å². The van der Waals surface area contributed by atoms with Crippen LogP contribution < -0.4 is 5.32 Å². The Morgan fingerprint density at radius 1 is 1.38 bits per heavy atom. The number of hydrogen-bond acceptors (Lipinski definition) is 2. The maximum absolute atomic E-state index is 13.7. The first-order chi connectivity index (χ1) is 7.63. The van der Waals surface area contributed by atoms with E-state index in [1.165, 1.54) is 12.3 Å². The summed E-state index contributed by atoms with van der Waals surface area (Å²) in [6.45, 7) is 1.91. The van der Waals surface area contributed by atoms with Crippen LogP contribution in [-0.4, -0.2) is 13.1 Å². The molecule has 0 fully saturated rings. The minimum absolute atomic E-state index is 0.0845. The van der Waals surface area contributed by atoms with E-state index in [4.69, 9.17) is 4.42 Å². The highest BCUT2D eigenvalue weighted by atomic mass is 19.2. The molecule has 1 N–H and O–H groups in total. The number of likely N-dealkylation sites (N-methyl/N-ethyl adjacent to an activating group) is 1. The van der Waals surface area contributed by atoms with E-state index in [0.717, 1.165) is 0 Å². The van der Waals surface area contributed by atoms with Gasteiger partial charge in [-0.3, -0.25) is 0 Å². The van der Waals surface area contributed by atoms with Crippen LogP contribution >= 0.6 is 0 Å². The topological polar surface area (TPSA) is 25.2 Å². The molecule has 2 aromatic rings. The number of furan rings is 1. The van der Waals surface area contributed by atoms with Gasteiger partial charge in [-0.15, -0.1) is 0 Å². The molecule has 0 unspecified atom stereocenters. The minimum atomic E-state index is -0.829. The molecule has 1 aromatic carbocycles. The van der Waals surface area contributed by atoms with Gasteiger partial charge in [0.2, 0.25) is 0 Å². The third kappa shape index (κ3) is 1.80. The SMILES string of the molecule is CN[C@@H](C)Cc1cc2occc2c(F)c1F. The van der Waals surface area contributed by atoms with Gasteiger partial charge in [-0.1, -0.05) is 0 Å². The van der Waals surface area contributed by atoms with Gasteiger partial charge >= 0.3 is 0 Å².